The lowest BCUT2D eigenvalue weighted by Crippen LogP contribution is -2.18. The molecule has 16 heteroatoms. The van der Waals surface area contributed by atoms with Crippen LogP contribution in [0.25, 0.3) is 65.4 Å². The number of rotatable bonds is 16. The molecule has 0 aliphatic carbocycles. The predicted octanol–water partition coefficient (Wildman–Crippen LogP) is 15.2. The smallest absolute Gasteiger partial charge is 0.268 e. The molecule has 90 heavy (non-hydrogen) atoms. The Kier molecular flexibility index (Phi) is 15.8. The first-order valence-corrected chi connectivity index (χ1v) is 32.6. The van der Waals surface area contributed by atoms with Crippen LogP contribution < -0.4 is 10.6 Å². The van der Waals surface area contributed by atoms with Crippen molar-refractivity contribution in [1.29, 1.82) is 0 Å². The molecule has 0 fully saturated rings. The number of para-hydroxylation sites is 4. The Hall–Kier alpha value is -10.4. The summed E-state index contributed by atoms with van der Waals surface area (Å²) in [6, 6.07) is 64.7. The Bertz CT molecular complexity index is 4960. The van der Waals surface area contributed by atoms with Gasteiger partial charge in [0, 0.05) is 107 Å². The average molecular weight is 1230 g/mol. The predicted molar refractivity (Wildman–Crippen MR) is 360 cm³/mol. The molecule has 2 atom stereocenters. The van der Waals surface area contributed by atoms with E-state index in [1.54, 1.807) is 73.3 Å². The highest BCUT2D eigenvalue weighted by Gasteiger charge is 2.26. The number of benzene rings is 8. The third-order valence-electron chi connectivity index (χ3n) is 17.0. The van der Waals surface area contributed by atoms with Gasteiger partial charge in [0.25, 0.3) is 20.0 Å². The fraction of sp³-hybridized carbons (Fsp3) is 0.135. The highest BCUT2D eigenvalue weighted by molar-refractivity contribution is 7.90. The summed E-state index contributed by atoms with van der Waals surface area (Å²) < 4.78 is 61.8. The van der Waals surface area contributed by atoms with E-state index in [1.807, 2.05) is 161 Å². The maximum Gasteiger partial charge on any atom is 0.268 e. The number of hydrogen-bond donors (Lipinski definition) is 2. The van der Waals surface area contributed by atoms with E-state index >= 15 is 0 Å². The normalized spacial score (nSPS) is 12.6. The summed E-state index contributed by atoms with van der Waals surface area (Å²) in [7, 11) is -3.60. The number of pyridine rings is 2. The summed E-state index contributed by atoms with van der Waals surface area (Å²) in [5.74, 6) is -0.732. The van der Waals surface area contributed by atoms with Crippen LogP contribution in [0.5, 0.6) is 0 Å². The molecule has 6 heterocycles. The number of anilines is 2. The molecular weight excluding hydrogens is 1160 g/mol. The molecule has 0 bridgehead atoms. The Morgan fingerprint density at radius 2 is 0.833 bits per heavy atom. The van der Waals surface area contributed by atoms with Gasteiger partial charge in [-0.25, -0.2) is 24.8 Å². The zero-order valence-corrected chi connectivity index (χ0v) is 51.7. The first-order chi connectivity index (χ1) is 43.5. The molecule has 6 aromatic heterocycles. The SMILES string of the molecule is Cc1ccc(S(=O)(=O)n2ccc3ccc([C@@H](CC(=O)Nc4cccc5cccnc45)Cc4cn(C)c5ccccc45)cc32)cc1.Cc1ccc(S(=O)(=O)n2ccc3ccc([C@H](CC(=O)Nc4cccc5cccnc45)Cc4cn(C)c5ccccc45)cc32)cc1. The van der Waals surface area contributed by atoms with E-state index in [4.69, 9.17) is 0 Å². The quantitative estimate of drug-likeness (QED) is 0.0962. The maximum atomic E-state index is 13.7. The van der Waals surface area contributed by atoms with E-state index in [0.29, 0.717) is 35.2 Å². The van der Waals surface area contributed by atoms with Crippen LogP contribution in [0.1, 0.15) is 58.1 Å². The number of fused-ring (bicyclic) bond motifs is 6. The number of nitrogens with zero attached hydrogens (tertiary/aromatic N) is 6. The first kappa shape index (κ1) is 58.6. The monoisotopic (exact) mass is 1220 g/mol. The summed E-state index contributed by atoms with van der Waals surface area (Å²) in [5, 5.41) is 12.0. The van der Waals surface area contributed by atoms with Gasteiger partial charge in [0.1, 0.15) is 0 Å². The van der Waals surface area contributed by atoms with Crippen molar-refractivity contribution < 1.29 is 26.4 Å². The molecular formula is C74H64N8O6S2. The molecule has 14 rings (SSSR count). The average Bonchev–Trinajstić information content (AvgIpc) is 2.36. The van der Waals surface area contributed by atoms with E-state index < -0.39 is 20.0 Å². The molecule has 0 unspecified atom stereocenters. The van der Waals surface area contributed by atoms with E-state index in [0.717, 1.165) is 87.8 Å². The Morgan fingerprint density at radius 1 is 0.433 bits per heavy atom. The summed E-state index contributed by atoms with van der Waals surface area (Å²) >= 11 is 0. The molecule has 14 aromatic rings. The van der Waals surface area contributed by atoms with Crippen molar-refractivity contribution in [2.75, 3.05) is 10.6 Å². The minimum Gasteiger partial charge on any atom is -0.350 e. The molecule has 8 aromatic carbocycles. The topological polar surface area (TPSA) is 172 Å². The molecule has 2 amide bonds. The second-order valence-corrected chi connectivity index (χ2v) is 26.8. The zero-order chi connectivity index (χ0) is 62.3. The van der Waals surface area contributed by atoms with Gasteiger partial charge in [-0.2, -0.15) is 0 Å². The molecule has 0 spiro atoms. The van der Waals surface area contributed by atoms with Gasteiger partial charge in [-0.05, 0) is 146 Å². The summed E-state index contributed by atoms with van der Waals surface area (Å²) in [6.45, 7) is 3.85. The van der Waals surface area contributed by atoms with Crippen molar-refractivity contribution in [1.82, 2.24) is 27.0 Å². The van der Waals surface area contributed by atoms with Crippen LogP contribution in [0.15, 0.2) is 253 Å². The second-order valence-electron chi connectivity index (χ2n) is 23.1. The molecule has 2 N–H and O–H groups in total. The molecule has 0 saturated heterocycles. The number of carbonyl (C=O) groups excluding carboxylic acids is 2. The summed E-state index contributed by atoms with van der Waals surface area (Å²) in [6.07, 6.45) is 12.5. The van der Waals surface area contributed by atoms with Gasteiger partial charge in [-0.1, -0.05) is 132 Å². The molecule has 14 nitrogen and oxygen atoms in total. The molecule has 448 valence electrons. The van der Waals surface area contributed by atoms with Crippen molar-refractivity contribution in [3.05, 3.63) is 277 Å². The summed E-state index contributed by atoms with van der Waals surface area (Å²) in [5.41, 5.74) is 12.2. The Balaban J connectivity index is 0.000000165. The minimum atomic E-state index is -3.82. The van der Waals surface area contributed by atoms with Crippen LogP contribution >= 0.6 is 0 Å². The maximum absolute atomic E-state index is 13.7. The van der Waals surface area contributed by atoms with Crippen molar-refractivity contribution in [2.24, 2.45) is 14.1 Å². The standard InChI is InChI=1S/2C37H32N4O3S/c2*1-25-12-16-31(17-13-25)45(43,44)41-20-18-26-14-15-28(22-35(26)41)29(21-30-24-40(2)34-11-4-3-9-32(30)34)23-36(42)39-33-10-5-7-27-8-6-19-38-37(27)33/h2*3-20,22,24,29H,21,23H2,1-2H3,(H,39,42)/t2*29-/m10/s1. The van der Waals surface area contributed by atoms with Crippen molar-refractivity contribution >= 4 is 109 Å². The fourth-order valence-electron chi connectivity index (χ4n) is 12.4. The highest BCUT2D eigenvalue weighted by atomic mass is 32.2. The van der Waals surface area contributed by atoms with Crippen LogP contribution in [0.3, 0.4) is 0 Å². The van der Waals surface area contributed by atoms with Gasteiger partial charge in [-0.3, -0.25) is 19.6 Å². The summed E-state index contributed by atoms with van der Waals surface area (Å²) in [4.78, 5) is 36.8. The van der Waals surface area contributed by atoms with Gasteiger partial charge < -0.3 is 19.8 Å². The fourth-order valence-corrected chi connectivity index (χ4v) is 15.1. The van der Waals surface area contributed by atoms with Crippen LogP contribution in [0, 0.1) is 13.8 Å². The lowest BCUT2D eigenvalue weighted by atomic mass is 9.88. The number of amides is 2. The lowest BCUT2D eigenvalue weighted by Gasteiger charge is -2.18. The first-order valence-electron chi connectivity index (χ1n) is 29.8. The number of hydrogen-bond acceptors (Lipinski definition) is 8. The van der Waals surface area contributed by atoms with Gasteiger partial charge in [0.15, 0.2) is 0 Å². The number of nitrogens with one attached hydrogen (secondary N) is 2. The lowest BCUT2D eigenvalue weighted by molar-refractivity contribution is -0.117. The van der Waals surface area contributed by atoms with Crippen LogP contribution in [0.2, 0.25) is 0 Å². The Morgan fingerprint density at radius 3 is 1.26 bits per heavy atom. The molecule has 0 aliphatic rings. The number of carbonyl (C=O) groups is 2. The number of aryl methyl sites for hydroxylation is 4. The van der Waals surface area contributed by atoms with Crippen LogP contribution in [-0.2, 0) is 56.6 Å². The molecule has 0 aliphatic heterocycles. The van der Waals surface area contributed by atoms with E-state index in [9.17, 15) is 26.4 Å². The van der Waals surface area contributed by atoms with E-state index in [2.05, 4.69) is 66.4 Å². The molecule has 0 radical (unpaired) electrons. The molecule has 0 saturated carbocycles. The van der Waals surface area contributed by atoms with Crippen LogP contribution in [0.4, 0.5) is 11.4 Å². The highest BCUT2D eigenvalue weighted by Crippen LogP contribution is 2.36. The largest absolute Gasteiger partial charge is 0.350 e. The second kappa shape index (κ2) is 24.3. The van der Waals surface area contributed by atoms with E-state index in [1.165, 1.54) is 7.94 Å². The van der Waals surface area contributed by atoms with Crippen LogP contribution in [-0.4, -0.2) is 55.7 Å². The zero-order valence-electron chi connectivity index (χ0n) is 50.0. The third-order valence-corrected chi connectivity index (χ3v) is 20.4. The number of aromatic nitrogens is 6. The Labute approximate surface area is 521 Å². The van der Waals surface area contributed by atoms with Crippen molar-refractivity contribution in [2.45, 2.75) is 61.2 Å². The van der Waals surface area contributed by atoms with Gasteiger partial charge >= 0.3 is 0 Å². The van der Waals surface area contributed by atoms with Crippen molar-refractivity contribution in [3.63, 3.8) is 0 Å². The van der Waals surface area contributed by atoms with Gasteiger partial charge in [-0.15, -0.1) is 0 Å². The minimum absolute atomic E-state index is 0.138. The van der Waals surface area contributed by atoms with Crippen molar-refractivity contribution in [3.8, 4) is 0 Å². The van der Waals surface area contributed by atoms with E-state index in [-0.39, 0.29) is 46.3 Å². The van der Waals surface area contributed by atoms with Gasteiger partial charge in [0.2, 0.25) is 11.8 Å². The van der Waals surface area contributed by atoms with Gasteiger partial charge in [0.05, 0.1) is 43.2 Å². The third kappa shape index (κ3) is 11.7.